The molecule has 0 aliphatic carbocycles. The van der Waals surface area contributed by atoms with E-state index in [0.29, 0.717) is 17.5 Å². The third-order valence-corrected chi connectivity index (χ3v) is 6.83. The number of hydrogen-bond donors (Lipinski definition) is 3. The molecule has 1 aromatic carbocycles. The van der Waals surface area contributed by atoms with Crippen LogP contribution >= 0.6 is 11.3 Å². The number of nitrogens with two attached hydrogens (primary N) is 1. The van der Waals surface area contributed by atoms with E-state index in [-0.39, 0.29) is 13.0 Å². The highest BCUT2D eigenvalue weighted by Crippen LogP contribution is 2.33. The molecule has 0 saturated carbocycles. The van der Waals surface area contributed by atoms with Gasteiger partial charge in [-0.25, -0.2) is 0 Å². The Balaban J connectivity index is 1.68. The second kappa shape index (κ2) is 11.6. The number of ether oxygens (including phenoxy) is 1. The first-order valence-electron chi connectivity index (χ1n) is 11.3. The number of primary amides is 1. The number of hydrogen-bond acceptors (Lipinski definition) is 9. The summed E-state index contributed by atoms with van der Waals surface area (Å²) in [7, 11) is 0. The molecule has 0 aliphatic rings. The Morgan fingerprint density at radius 1 is 1.21 bits per heavy atom. The van der Waals surface area contributed by atoms with E-state index in [1.165, 1.54) is 10.4 Å². The minimum atomic E-state index is -1.41. The van der Waals surface area contributed by atoms with Crippen molar-refractivity contribution in [2.24, 2.45) is 5.73 Å². The number of aliphatic hydroxyl groups excluding tert-OH is 2. The van der Waals surface area contributed by atoms with Crippen LogP contribution in [-0.2, 0) is 11.3 Å². The van der Waals surface area contributed by atoms with Gasteiger partial charge in [0.1, 0.15) is 18.5 Å². The standard InChI is InChI=1S/C24H32N4O5S/c1-5-28(6-2)12-21-15(4)10-20(34-21)24-26-23(27-33-24)18-8-7-17(9-14(18)3)32-13-16(29)11-19(30)22(25)31/h7-10,16,19,29-30H,5-6,11-13H2,1-4H3,(H2,25,31)/t16-,19?/m0/s1. The number of rotatable bonds is 12. The lowest BCUT2D eigenvalue weighted by Crippen LogP contribution is -2.33. The van der Waals surface area contributed by atoms with Gasteiger partial charge in [0.2, 0.25) is 11.7 Å². The second-order valence-corrected chi connectivity index (χ2v) is 9.33. The summed E-state index contributed by atoms with van der Waals surface area (Å²) in [6, 6.07) is 7.47. The molecule has 0 bridgehead atoms. The number of benzene rings is 1. The first-order chi connectivity index (χ1) is 16.2. The van der Waals surface area contributed by atoms with Crippen molar-refractivity contribution in [1.82, 2.24) is 15.0 Å². The highest BCUT2D eigenvalue weighted by atomic mass is 32.1. The molecule has 2 heterocycles. The van der Waals surface area contributed by atoms with Crippen LogP contribution in [0, 0.1) is 13.8 Å². The maximum absolute atomic E-state index is 10.9. The van der Waals surface area contributed by atoms with Gasteiger partial charge in [0.25, 0.3) is 5.89 Å². The molecule has 3 rings (SSSR count). The summed E-state index contributed by atoms with van der Waals surface area (Å²) in [5, 5.41) is 23.5. The molecule has 10 heteroatoms. The number of aryl methyl sites for hydroxylation is 2. The molecule has 0 saturated heterocycles. The molecule has 0 aliphatic heterocycles. The van der Waals surface area contributed by atoms with Crippen LogP contribution in [0.15, 0.2) is 28.8 Å². The largest absolute Gasteiger partial charge is 0.491 e. The monoisotopic (exact) mass is 488 g/mol. The average Bonchev–Trinajstić information content (AvgIpc) is 3.43. The summed E-state index contributed by atoms with van der Waals surface area (Å²) in [5.41, 5.74) is 7.90. The zero-order valence-corrected chi connectivity index (χ0v) is 20.8. The van der Waals surface area contributed by atoms with Gasteiger partial charge in [-0.05, 0) is 62.3 Å². The molecule has 0 fully saturated rings. The SMILES string of the molecule is CCN(CC)Cc1sc(-c2nc(-c3ccc(OC[C@@H](O)CC(O)C(N)=O)cc3C)no2)cc1C. The summed E-state index contributed by atoms with van der Waals surface area (Å²) in [4.78, 5) is 20.1. The number of carbonyl (C=O) groups is 1. The van der Waals surface area contributed by atoms with E-state index in [1.807, 2.05) is 13.0 Å². The van der Waals surface area contributed by atoms with E-state index in [4.69, 9.17) is 15.0 Å². The number of amides is 1. The van der Waals surface area contributed by atoms with Gasteiger partial charge in [0.05, 0.1) is 11.0 Å². The highest BCUT2D eigenvalue weighted by molar-refractivity contribution is 7.15. The van der Waals surface area contributed by atoms with E-state index < -0.39 is 18.1 Å². The molecular weight excluding hydrogens is 456 g/mol. The molecule has 2 aromatic heterocycles. The van der Waals surface area contributed by atoms with Crippen LogP contribution in [0.25, 0.3) is 22.2 Å². The summed E-state index contributed by atoms with van der Waals surface area (Å²) >= 11 is 1.67. The van der Waals surface area contributed by atoms with Crippen molar-refractivity contribution >= 4 is 17.2 Å². The van der Waals surface area contributed by atoms with Crippen molar-refractivity contribution in [2.45, 2.75) is 52.9 Å². The van der Waals surface area contributed by atoms with Crippen molar-refractivity contribution in [3.63, 3.8) is 0 Å². The Hall–Kier alpha value is -2.79. The van der Waals surface area contributed by atoms with Gasteiger partial charge in [0, 0.05) is 23.4 Å². The second-order valence-electron chi connectivity index (χ2n) is 8.20. The zero-order valence-electron chi connectivity index (χ0n) is 19.9. The lowest BCUT2D eigenvalue weighted by atomic mass is 10.1. The molecule has 184 valence electrons. The average molecular weight is 489 g/mol. The Morgan fingerprint density at radius 2 is 1.94 bits per heavy atom. The fourth-order valence-electron chi connectivity index (χ4n) is 3.48. The third-order valence-electron chi connectivity index (χ3n) is 5.62. The van der Waals surface area contributed by atoms with Crippen LogP contribution in [0.2, 0.25) is 0 Å². The molecule has 4 N–H and O–H groups in total. The molecule has 1 unspecified atom stereocenters. The van der Waals surface area contributed by atoms with Gasteiger partial charge in [0.15, 0.2) is 0 Å². The quantitative estimate of drug-likeness (QED) is 0.354. The fourth-order valence-corrected chi connectivity index (χ4v) is 4.62. The van der Waals surface area contributed by atoms with E-state index in [1.54, 1.807) is 23.5 Å². The van der Waals surface area contributed by atoms with Crippen molar-refractivity contribution in [2.75, 3.05) is 19.7 Å². The van der Waals surface area contributed by atoms with Gasteiger partial charge in [-0.1, -0.05) is 19.0 Å². The van der Waals surface area contributed by atoms with Crippen LogP contribution in [0.4, 0.5) is 0 Å². The van der Waals surface area contributed by atoms with Crippen LogP contribution < -0.4 is 10.5 Å². The minimum absolute atomic E-state index is 0.0803. The topological polar surface area (TPSA) is 135 Å². The minimum Gasteiger partial charge on any atom is -0.491 e. The van der Waals surface area contributed by atoms with Crippen molar-refractivity contribution in [1.29, 1.82) is 0 Å². The number of carbonyl (C=O) groups excluding carboxylic acids is 1. The van der Waals surface area contributed by atoms with Gasteiger partial charge >= 0.3 is 0 Å². The van der Waals surface area contributed by atoms with Gasteiger partial charge in [-0.2, -0.15) is 4.98 Å². The van der Waals surface area contributed by atoms with Crippen molar-refractivity contribution in [3.05, 3.63) is 40.3 Å². The molecule has 34 heavy (non-hydrogen) atoms. The molecular formula is C24H32N4O5S. The van der Waals surface area contributed by atoms with Crippen LogP contribution in [-0.4, -0.2) is 63.1 Å². The Kier molecular flexibility index (Phi) is 8.78. The Bertz CT molecular complexity index is 1110. The summed E-state index contributed by atoms with van der Waals surface area (Å²) in [5.74, 6) is 0.633. The predicted octanol–water partition coefficient (Wildman–Crippen LogP) is 2.90. The lowest BCUT2D eigenvalue weighted by Gasteiger charge is -2.17. The number of aliphatic hydroxyl groups is 2. The highest BCUT2D eigenvalue weighted by Gasteiger charge is 2.19. The predicted molar refractivity (Wildman–Crippen MR) is 130 cm³/mol. The maximum Gasteiger partial charge on any atom is 0.268 e. The number of aromatic nitrogens is 2. The number of nitrogens with zero attached hydrogens (tertiary/aromatic N) is 3. The zero-order chi connectivity index (χ0) is 24.8. The summed E-state index contributed by atoms with van der Waals surface area (Å²) < 4.78 is 11.1. The molecule has 0 radical (unpaired) electrons. The normalized spacial score (nSPS) is 13.3. The van der Waals surface area contributed by atoms with E-state index in [2.05, 4.69) is 41.9 Å². The molecule has 9 nitrogen and oxygen atoms in total. The van der Waals surface area contributed by atoms with E-state index in [9.17, 15) is 15.0 Å². The van der Waals surface area contributed by atoms with E-state index in [0.717, 1.165) is 35.6 Å². The van der Waals surface area contributed by atoms with Gasteiger partial charge < -0.3 is 25.2 Å². The van der Waals surface area contributed by atoms with Crippen molar-refractivity contribution in [3.8, 4) is 27.9 Å². The fraction of sp³-hybridized carbons (Fsp3) is 0.458. The van der Waals surface area contributed by atoms with Gasteiger partial charge in [-0.15, -0.1) is 11.3 Å². The Morgan fingerprint density at radius 3 is 2.59 bits per heavy atom. The first-order valence-corrected chi connectivity index (χ1v) is 12.1. The van der Waals surface area contributed by atoms with Crippen molar-refractivity contribution < 1.29 is 24.3 Å². The lowest BCUT2D eigenvalue weighted by molar-refractivity contribution is -0.127. The first kappa shape index (κ1) is 25.8. The maximum atomic E-state index is 10.9. The van der Waals surface area contributed by atoms with E-state index >= 15 is 0 Å². The number of thiophene rings is 1. The molecule has 1 amide bonds. The molecule has 2 atom stereocenters. The van der Waals surface area contributed by atoms with Gasteiger partial charge in [-0.3, -0.25) is 9.69 Å². The smallest absolute Gasteiger partial charge is 0.268 e. The summed E-state index contributed by atoms with van der Waals surface area (Å²) in [6.45, 7) is 11.2. The van der Waals surface area contributed by atoms with Crippen LogP contribution in [0.5, 0.6) is 5.75 Å². The summed E-state index contributed by atoms with van der Waals surface area (Å²) in [6.07, 6.45) is -2.62. The van der Waals surface area contributed by atoms with Crippen LogP contribution in [0.3, 0.4) is 0 Å². The molecule has 3 aromatic rings. The molecule has 0 spiro atoms. The Labute approximate surface area is 203 Å². The third kappa shape index (κ3) is 6.41. The van der Waals surface area contributed by atoms with Crippen LogP contribution in [0.1, 0.15) is 36.3 Å².